The quantitative estimate of drug-likeness (QED) is 0.556. The Hall–Kier alpha value is -3.42. The second-order valence-corrected chi connectivity index (χ2v) is 7.84. The van der Waals surface area contributed by atoms with Crippen LogP contribution >= 0.6 is 0 Å². The second-order valence-electron chi connectivity index (χ2n) is 6.28. The number of phenolic OH excluding ortho intramolecular Hbond substituents is 1. The number of hydrogen-bond acceptors (Lipinski definition) is 4. The Balaban J connectivity index is 1.86. The molecule has 0 bridgehead atoms. The van der Waals surface area contributed by atoms with E-state index in [9.17, 15) is 13.5 Å². The highest BCUT2D eigenvalue weighted by atomic mass is 32.2. The van der Waals surface area contributed by atoms with Crippen LogP contribution in [0.1, 0.15) is 0 Å². The molecule has 3 N–H and O–H groups in total. The van der Waals surface area contributed by atoms with Crippen molar-refractivity contribution >= 4 is 10.0 Å². The molecule has 0 amide bonds. The first-order chi connectivity index (χ1) is 13.4. The zero-order valence-electron chi connectivity index (χ0n) is 14.7. The fourth-order valence-corrected chi connectivity index (χ4v) is 3.46. The molecule has 3 aromatic carbocycles. The van der Waals surface area contributed by atoms with Gasteiger partial charge in [0.2, 0.25) is 10.0 Å². The third-order valence-electron chi connectivity index (χ3n) is 4.35. The van der Waals surface area contributed by atoms with Gasteiger partial charge in [-0.25, -0.2) is 18.2 Å². The summed E-state index contributed by atoms with van der Waals surface area (Å²) in [6.45, 7) is 0. The van der Waals surface area contributed by atoms with E-state index in [-0.39, 0.29) is 10.6 Å². The molecule has 0 unspecified atom stereocenters. The summed E-state index contributed by atoms with van der Waals surface area (Å²) in [5, 5.41) is 19.4. The molecule has 4 rings (SSSR count). The average molecular weight is 391 g/mol. The summed E-state index contributed by atoms with van der Waals surface area (Å²) in [4.78, 5) is 0.0448. The number of primary sulfonamides is 1. The van der Waals surface area contributed by atoms with Crippen molar-refractivity contribution in [2.24, 2.45) is 5.14 Å². The maximum Gasteiger partial charge on any atom is 0.238 e. The Bertz CT molecular complexity index is 1210. The molecule has 0 saturated carbocycles. The van der Waals surface area contributed by atoms with Gasteiger partial charge in [-0.15, -0.1) is 0 Å². The van der Waals surface area contributed by atoms with Gasteiger partial charge in [0, 0.05) is 11.1 Å². The highest BCUT2D eigenvalue weighted by molar-refractivity contribution is 7.89. The first kappa shape index (κ1) is 18.0. The Kier molecular flexibility index (Phi) is 4.46. The minimum absolute atomic E-state index is 0.0448. The smallest absolute Gasteiger partial charge is 0.238 e. The zero-order chi connectivity index (χ0) is 19.7. The van der Waals surface area contributed by atoms with E-state index >= 15 is 0 Å². The highest BCUT2D eigenvalue weighted by Crippen LogP contribution is 2.29. The van der Waals surface area contributed by atoms with Gasteiger partial charge in [-0.05, 0) is 54.6 Å². The fraction of sp³-hybridized carbons (Fsp3) is 0. The van der Waals surface area contributed by atoms with E-state index in [1.54, 1.807) is 41.1 Å². The number of aromatic nitrogens is 2. The Labute approximate surface area is 162 Å². The molecule has 1 heterocycles. The van der Waals surface area contributed by atoms with Gasteiger partial charge in [0.25, 0.3) is 0 Å². The molecule has 0 aliphatic rings. The maximum atomic E-state index is 11.5. The molecule has 28 heavy (non-hydrogen) atoms. The summed E-state index contributed by atoms with van der Waals surface area (Å²) in [7, 11) is -3.76. The van der Waals surface area contributed by atoms with Gasteiger partial charge in [0.15, 0.2) is 0 Å². The van der Waals surface area contributed by atoms with Crippen molar-refractivity contribution in [3.05, 3.63) is 84.9 Å². The number of nitrogens with two attached hydrogens (primary N) is 1. The number of nitrogens with zero attached hydrogens (tertiary/aromatic N) is 2. The first-order valence-corrected chi connectivity index (χ1v) is 10.0. The van der Waals surface area contributed by atoms with Crippen LogP contribution < -0.4 is 5.14 Å². The van der Waals surface area contributed by atoms with Gasteiger partial charge in [0.05, 0.1) is 22.0 Å². The average Bonchev–Trinajstić information content (AvgIpc) is 3.14. The number of sulfonamides is 1. The van der Waals surface area contributed by atoms with Crippen LogP contribution in [0.2, 0.25) is 0 Å². The van der Waals surface area contributed by atoms with E-state index in [0.29, 0.717) is 5.69 Å². The Morgan fingerprint density at radius 1 is 0.821 bits per heavy atom. The number of rotatable bonds is 4. The van der Waals surface area contributed by atoms with E-state index in [2.05, 4.69) is 0 Å². The van der Waals surface area contributed by atoms with Crippen molar-refractivity contribution in [1.82, 2.24) is 9.78 Å². The minimum Gasteiger partial charge on any atom is -0.508 e. The summed E-state index contributed by atoms with van der Waals surface area (Å²) in [6.07, 6.45) is 0. The van der Waals surface area contributed by atoms with E-state index in [4.69, 9.17) is 10.2 Å². The van der Waals surface area contributed by atoms with E-state index in [1.807, 2.05) is 36.4 Å². The van der Waals surface area contributed by atoms with Crippen LogP contribution in [-0.2, 0) is 10.0 Å². The third-order valence-corrected chi connectivity index (χ3v) is 5.28. The van der Waals surface area contributed by atoms with Crippen LogP contribution in [0.5, 0.6) is 5.75 Å². The van der Waals surface area contributed by atoms with E-state index < -0.39 is 10.0 Å². The summed E-state index contributed by atoms with van der Waals surface area (Å²) in [6, 6.07) is 24.8. The molecule has 0 fully saturated rings. The molecule has 0 spiro atoms. The van der Waals surface area contributed by atoms with Gasteiger partial charge in [-0.2, -0.15) is 5.10 Å². The minimum atomic E-state index is -3.76. The van der Waals surface area contributed by atoms with Crippen LogP contribution in [0.25, 0.3) is 28.2 Å². The van der Waals surface area contributed by atoms with Crippen molar-refractivity contribution in [3.8, 4) is 34.0 Å². The van der Waals surface area contributed by atoms with Gasteiger partial charge >= 0.3 is 0 Å². The molecule has 0 radical (unpaired) electrons. The lowest BCUT2D eigenvalue weighted by Crippen LogP contribution is -2.12. The summed E-state index contributed by atoms with van der Waals surface area (Å²) < 4.78 is 24.8. The third kappa shape index (κ3) is 3.53. The van der Waals surface area contributed by atoms with Crippen molar-refractivity contribution in [2.45, 2.75) is 4.90 Å². The monoisotopic (exact) mass is 391 g/mol. The van der Waals surface area contributed by atoms with Gasteiger partial charge in [-0.3, -0.25) is 0 Å². The van der Waals surface area contributed by atoms with Crippen LogP contribution in [0.15, 0.2) is 89.8 Å². The van der Waals surface area contributed by atoms with Crippen LogP contribution in [0.3, 0.4) is 0 Å². The lowest BCUT2D eigenvalue weighted by atomic mass is 10.1. The van der Waals surface area contributed by atoms with Crippen molar-refractivity contribution in [1.29, 1.82) is 0 Å². The van der Waals surface area contributed by atoms with E-state index in [1.165, 1.54) is 12.1 Å². The van der Waals surface area contributed by atoms with Crippen molar-refractivity contribution in [3.63, 3.8) is 0 Å². The normalized spacial score (nSPS) is 11.5. The largest absolute Gasteiger partial charge is 0.508 e. The van der Waals surface area contributed by atoms with Gasteiger partial charge < -0.3 is 5.11 Å². The Morgan fingerprint density at radius 3 is 2.07 bits per heavy atom. The second kappa shape index (κ2) is 6.95. The molecule has 4 aromatic rings. The molecule has 0 atom stereocenters. The summed E-state index contributed by atoms with van der Waals surface area (Å²) >= 11 is 0. The van der Waals surface area contributed by atoms with Crippen molar-refractivity contribution < 1.29 is 13.5 Å². The molecule has 7 heteroatoms. The molecule has 140 valence electrons. The molecule has 0 aliphatic carbocycles. The summed E-state index contributed by atoms with van der Waals surface area (Å²) in [5.74, 6) is 0.185. The highest BCUT2D eigenvalue weighted by Gasteiger charge is 2.14. The van der Waals surface area contributed by atoms with Crippen LogP contribution in [-0.4, -0.2) is 23.3 Å². The summed E-state index contributed by atoms with van der Waals surface area (Å²) in [5.41, 5.74) is 4.11. The molecule has 6 nitrogen and oxygen atoms in total. The molecule has 0 aliphatic heterocycles. The SMILES string of the molecule is NS(=O)(=O)c1ccc(-n2nc(-c3ccc(O)cc3)cc2-c2ccccc2)cc1. The predicted octanol–water partition coefficient (Wildman–Crippen LogP) is 3.56. The number of phenols is 1. The van der Waals surface area contributed by atoms with Crippen LogP contribution in [0.4, 0.5) is 0 Å². The van der Waals surface area contributed by atoms with Crippen molar-refractivity contribution in [2.75, 3.05) is 0 Å². The Morgan fingerprint density at radius 2 is 1.46 bits per heavy atom. The zero-order valence-corrected chi connectivity index (χ0v) is 15.5. The van der Waals surface area contributed by atoms with Gasteiger partial charge in [-0.1, -0.05) is 30.3 Å². The standard InChI is InChI=1S/C21H17N3O3S/c22-28(26,27)19-12-8-17(9-13-19)24-21(16-4-2-1-3-5-16)14-20(23-24)15-6-10-18(25)11-7-15/h1-14,25H,(H2,22,26,27). The number of aromatic hydroxyl groups is 1. The predicted molar refractivity (Wildman–Crippen MR) is 107 cm³/mol. The van der Waals surface area contributed by atoms with Gasteiger partial charge in [0.1, 0.15) is 5.75 Å². The number of benzene rings is 3. The lowest BCUT2D eigenvalue weighted by Gasteiger charge is -2.08. The topological polar surface area (TPSA) is 98.2 Å². The molecular formula is C21H17N3O3S. The fourth-order valence-electron chi connectivity index (χ4n) is 2.94. The maximum absolute atomic E-state index is 11.5. The lowest BCUT2D eigenvalue weighted by molar-refractivity contribution is 0.475. The first-order valence-electron chi connectivity index (χ1n) is 8.50. The molecule has 0 saturated heterocycles. The molecule has 1 aromatic heterocycles. The van der Waals surface area contributed by atoms with E-state index in [0.717, 1.165) is 22.5 Å². The molecular weight excluding hydrogens is 374 g/mol. The number of hydrogen-bond donors (Lipinski definition) is 2. The van der Waals surface area contributed by atoms with Crippen LogP contribution in [0, 0.1) is 0 Å².